The van der Waals surface area contributed by atoms with Crippen molar-refractivity contribution in [3.05, 3.63) is 45.7 Å². The first-order chi connectivity index (χ1) is 18.2. The van der Waals surface area contributed by atoms with E-state index in [9.17, 15) is 4.79 Å². The lowest BCUT2D eigenvalue weighted by atomic mass is 9.71. The number of hydrogen-bond donors (Lipinski definition) is 0. The molecular weight excluding hydrogens is 525 g/mol. The van der Waals surface area contributed by atoms with Crippen LogP contribution in [0.2, 0.25) is 34.8 Å². The normalized spacial score (nSPS) is 17.2. The molecule has 0 heterocycles. The Kier molecular flexibility index (Phi) is 11.2. The van der Waals surface area contributed by atoms with Gasteiger partial charge in [-0.3, -0.25) is 0 Å². The van der Waals surface area contributed by atoms with E-state index in [2.05, 4.69) is 127 Å². The maximum absolute atomic E-state index is 12.8. The van der Waals surface area contributed by atoms with Gasteiger partial charge in [-0.1, -0.05) is 95.2 Å². The van der Waals surface area contributed by atoms with Gasteiger partial charge in [-0.05, 0) is 94.7 Å². The van der Waals surface area contributed by atoms with Gasteiger partial charge in [0.15, 0.2) is 8.32 Å². The summed E-state index contributed by atoms with van der Waals surface area (Å²) in [5.74, 6) is 2.96. The molecule has 0 fully saturated rings. The minimum atomic E-state index is -2.33. The van der Waals surface area contributed by atoms with Crippen LogP contribution in [0.1, 0.15) is 118 Å². The second-order valence-electron chi connectivity index (χ2n) is 15.5. The predicted molar refractivity (Wildman–Crippen MR) is 179 cm³/mol. The summed E-state index contributed by atoms with van der Waals surface area (Å²) in [5.41, 5.74) is 7.38. The van der Waals surface area contributed by atoms with E-state index in [1.165, 1.54) is 29.5 Å². The standard InChI is InChI=1S/C35H60O3Si2/c1-24(2)40(25(3)4,26(5)6)38-33(31(22-36)27(7)23-37-39(14,15)34(9,10)11)21-29-18-19-32-30(28(29)8)17-16-20-35(32,12)13/h18-19,21,24-27H,16-17,20,23H2,1-15H3/b33-21+/t27-/m0/s1. The summed E-state index contributed by atoms with van der Waals surface area (Å²) in [6.45, 7) is 34.6. The minimum Gasteiger partial charge on any atom is -0.542 e. The fourth-order valence-corrected chi connectivity index (χ4v) is 13.0. The summed E-state index contributed by atoms with van der Waals surface area (Å²) in [6.07, 6.45) is 5.70. The molecule has 0 radical (unpaired) electrons. The molecule has 0 amide bonds. The maximum Gasteiger partial charge on any atom is 0.258 e. The number of fused-ring (bicyclic) bond motifs is 1. The Bertz CT molecular complexity index is 1090. The molecule has 0 spiro atoms. The van der Waals surface area contributed by atoms with Gasteiger partial charge in [-0.15, -0.1) is 0 Å². The molecule has 3 nitrogen and oxygen atoms in total. The molecule has 1 atom stereocenters. The number of hydrogen-bond acceptors (Lipinski definition) is 3. The SMILES string of the molecule is Cc1c(/C=C(/O[Si](C(C)C)(C(C)C)C(C)C)C(=C=O)[C@@H](C)CO[Si](C)(C)C(C)(C)C)ccc2c1CCCC2(C)C. The molecule has 0 aliphatic heterocycles. The highest BCUT2D eigenvalue weighted by atomic mass is 28.4. The lowest BCUT2D eigenvalue weighted by Crippen LogP contribution is -2.48. The topological polar surface area (TPSA) is 35.5 Å². The van der Waals surface area contributed by atoms with E-state index in [0.29, 0.717) is 34.6 Å². The Morgan fingerprint density at radius 3 is 2.05 bits per heavy atom. The molecule has 0 bridgehead atoms. The molecule has 1 aliphatic carbocycles. The van der Waals surface area contributed by atoms with Crippen LogP contribution in [0, 0.1) is 12.8 Å². The van der Waals surface area contributed by atoms with E-state index in [1.807, 2.05) is 0 Å². The fourth-order valence-electron chi connectivity index (χ4n) is 6.60. The zero-order chi connectivity index (χ0) is 30.8. The van der Waals surface area contributed by atoms with Gasteiger partial charge in [0.25, 0.3) is 8.32 Å². The Labute approximate surface area is 249 Å². The number of carbonyl (C=O) groups excluding carboxylic acids is 1. The van der Waals surface area contributed by atoms with Crippen LogP contribution < -0.4 is 0 Å². The lowest BCUT2D eigenvalue weighted by molar-refractivity contribution is 0.249. The first-order valence-corrected chi connectivity index (χ1v) is 20.7. The van der Waals surface area contributed by atoms with Crippen LogP contribution in [0.15, 0.2) is 23.5 Å². The second kappa shape index (κ2) is 12.9. The first-order valence-electron chi connectivity index (χ1n) is 15.7. The number of rotatable bonds is 11. The van der Waals surface area contributed by atoms with Crippen LogP contribution >= 0.6 is 0 Å². The monoisotopic (exact) mass is 584 g/mol. The molecule has 0 aromatic heterocycles. The largest absolute Gasteiger partial charge is 0.542 e. The van der Waals surface area contributed by atoms with Crippen LogP contribution in [0.5, 0.6) is 0 Å². The van der Waals surface area contributed by atoms with Gasteiger partial charge >= 0.3 is 0 Å². The maximum atomic E-state index is 12.8. The van der Waals surface area contributed by atoms with Gasteiger partial charge in [-0.25, -0.2) is 4.79 Å². The average molecular weight is 585 g/mol. The Hall–Kier alpha value is -1.40. The van der Waals surface area contributed by atoms with Crippen LogP contribution in [-0.4, -0.2) is 29.2 Å². The van der Waals surface area contributed by atoms with E-state index in [-0.39, 0.29) is 16.4 Å². The highest BCUT2D eigenvalue weighted by molar-refractivity contribution is 6.78. The highest BCUT2D eigenvalue weighted by Gasteiger charge is 2.48. The third-order valence-corrected chi connectivity index (χ3v) is 20.7. The van der Waals surface area contributed by atoms with E-state index < -0.39 is 16.6 Å². The molecular formula is C35H60O3Si2. The lowest BCUT2D eigenvalue weighted by Gasteiger charge is -2.43. The van der Waals surface area contributed by atoms with Crippen LogP contribution in [0.4, 0.5) is 0 Å². The van der Waals surface area contributed by atoms with E-state index in [1.54, 1.807) is 0 Å². The van der Waals surface area contributed by atoms with Crippen molar-refractivity contribution in [1.29, 1.82) is 0 Å². The Morgan fingerprint density at radius 2 is 1.57 bits per heavy atom. The van der Waals surface area contributed by atoms with Gasteiger partial charge in [0.2, 0.25) is 0 Å². The summed E-state index contributed by atoms with van der Waals surface area (Å²) in [7, 11) is -4.30. The molecule has 1 aliphatic rings. The summed E-state index contributed by atoms with van der Waals surface area (Å²) in [5, 5.41) is 0.107. The molecule has 5 heteroatoms. The summed E-state index contributed by atoms with van der Waals surface area (Å²) < 4.78 is 13.9. The van der Waals surface area contributed by atoms with Crippen LogP contribution in [0.25, 0.3) is 6.08 Å². The highest BCUT2D eigenvalue weighted by Crippen LogP contribution is 2.46. The third-order valence-electron chi connectivity index (χ3n) is 10.2. The number of allylic oxidation sites excluding steroid dienone is 1. The van der Waals surface area contributed by atoms with Crippen molar-refractivity contribution in [2.45, 2.75) is 149 Å². The van der Waals surface area contributed by atoms with Crippen LogP contribution in [-0.2, 0) is 25.5 Å². The van der Waals surface area contributed by atoms with E-state index in [0.717, 1.165) is 12.0 Å². The van der Waals surface area contributed by atoms with Crippen LogP contribution in [0.3, 0.4) is 0 Å². The van der Waals surface area contributed by atoms with Gasteiger partial charge < -0.3 is 8.85 Å². The molecule has 1 aromatic carbocycles. The van der Waals surface area contributed by atoms with Crippen molar-refractivity contribution < 1.29 is 13.6 Å². The van der Waals surface area contributed by atoms with Gasteiger partial charge in [0.1, 0.15) is 11.7 Å². The van der Waals surface area contributed by atoms with Gasteiger partial charge in [0, 0.05) is 12.5 Å². The quantitative estimate of drug-likeness (QED) is 0.112. The summed E-state index contributed by atoms with van der Waals surface area (Å²) in [4.78, 5) is 12.8. The molecule has 0 saturated heterocycles. The summed E-state index contributed by atoms with van der Waals surface area (Å²) >= 11 is 0. The van der Waals surface area contributed by atoms with E-state index in [4.69, 9.17) is 8.85 Å². The predicted octanol–water partition coefficient (Wildman–Crippen LogP) is 10.6. The Balaban J connectivity index is 2.70. The zero-order valence-corrected chi connectivity index (χ0v) is 30.6. The van der Waals surface area contributed by atoms with Crippen molar-refractivity contribution in [3.63, 3.8) is 0 Å². The van der Waals surface area contributed by atoms with Crippen molar-refractivity contribution in [3.8, 4) is 0 Å². The van der Waals surface area contributed by atoms with Crippen molar-refractivity contribution in [2.24, 2.45) is 5.92 Å². The molecule has 40 heavy (non-hydrogen) atoms. The molecule has 226 valence electrons. The van der Waals surface area contributed by atoms with Crippen molar-refractivity contribution in [1.82, 2.24) is 0 Å². The summed E-state index contributed by atoms with van der Waals surface area (Å²) in [6, 6.07) is 4.56. The minimum absolute atomic E-state index is 0.107. The van der Waals surface area contributed by atoms with Gasteiger partial charge in [0.05, 0.1) is 5.57 Å². The second-order valence-corrected chi connectivity index (χ2v) is 25.6. The molecule has 0 unspecified atom stereocenters. The average Bonchev–Trinajstić information content (AvgIpc) is 2.81. The smallest absolute Gasteiger partial charge is 0.258 e. The molecule has 0 saturated carbocycles. The molecule has 2 rings (SSSR count). The molecule has 1 aromatic rings. The molecule has 0 N–H and O–H groups in total. The Morgan fingerprint density at radius 1 is 1.02 bits per heavy atom. The van der Waals surface area contributed by atoms with Crippen molar-refractivity contribution >= 4 is 28.7 Å². The van der Waals surface area contributed by atoms with E-state index >= 15 is 0 Å². The van der Waals surface area contributed by atoms with Crippen molar-refractivity contribution in [2.75, 3.05) is 6.61 Å². The fraction of sp³-hybridized carbons (Fsp3) is 0.714. The zero-order valence-electron chi connectivity index (χ0n) is 28.6. The third kappa shape index (κ3) is 7.14. The van der Waals surface area contributed by atoms with Gasteiger partial charge in [-0.2, -0.15) is 0 Å². The first kappa shape index (κ1) is 34.8. The number of benzene rings is 1.